The molecule has 86 valence electrons. The second-order valence-corrected chi connectivity index (χ2v) is 4.19. The van der Waals surface area contributed by atoms with Gasteiger partial charge in [-0.1, -0.05) is 0 Å². The molecule has 2 aromatic heterocycles. The third kappa shape index (κ3) is 2.05. The van der Waals surface area contributed by atoms with Crippen LogP contribution in [0.3, 0.4) is 0 Å². The monoisotopic (exact) mass is 239 g/mol. The Hall–Kier alpha value is -1.47. The minimum absolute atomic E-state index is 0.431. The summed E-state index contributed by atoms with van der Waals surface area (Å²) in [5.74, 6) is 1.01. The van der Waals surface area contributed by atoms with E-state index in [0.29, 0.717) is 24.1 Å². The summed E-state index contributed by atoms with van der Waals surface area (Å²) < 4.78 is 5.13. The maximum Gasteiger partial charge on any atom is 0.278 e. The van der Waals surface area contributed by atoms with Crippen LogP contribution in [0, 0.1) is 0 Å². The number of thiazole rings is 1. The average Bonchev–Trinajstić information content (AvgIpc) is 2.95. The summed E-state index contributed by atoms with van der Waals surface area (Å²) >= 11 is 1.49. The van der Waals surface area contributed by atoms with E-state index in [1.165, 1.54) is 11.3 Å². The Kier molecular flexibility index (Phi) is 3.16. The fourth-order valence-corrected chi connectivity index (χ4v) is 1.77. The summed E-state index contributed by atoms with van der Waals surface area (Å²) in [6.45, 7) is 3.27. The van der Waals surface area contributed by atoms with Crippen LogP contribution in [0.4, 0.5) is 5.95 Å². The number of aromatic nitrogens is 3. The SMILES string of the molecule is CCN(C)c1noc(-c2csc(CN)n2)n1. The molecule has 0 aliphatic heterocycles. The van der Waals surface area contributed by atoms with Gasteiger partial charge in [-0.3, -0.25) is 0 Å². The van der Waals surface area contributed by atoms with Gasteiger partial charge in [0.05, 0.1) is 0 Å². The van der Waals surface area contributed by atoms with Crippen LogP contribution in [0.25, 0.3) is 11.6 Å². The molecule has 2 rings (SSSR count). The largest absolute Gasteiger partial charge is 0.342 e. The van der Waals surface area contributed by atoms with E-state index in [1.807, 2.05) is 24.3 Å². The summed E-state index contributed by atoms with van der Waals surface area (Å²) in [5.41, 5.74) is 6.18. The molecule has 0 fully saturated rings. The maximum absolute atomic E-state index is 5.49. The summed E-state index contributed by atoms with van der Waals surface area (Å²) in [6.07, 6.45) is 0. The van der Waals surface area contributed by atoms with E-state index < -0.39 is 0 Å². The Morgan fingerprint density at radius 1 is 1.50 bits per heavy atom. The van der Waals surface area contributed by atoms with Gasteiger partial charge in [-0.2, -0.15) is 4.98 Å². The van der Waals surface area contributed by atoms with Gasteiger partial charge >= 0.3 is 0 Å². The van der Waals surface area contributed by atoms with Crippen LogP contribution in [0.15, 0.2) is 9.90 Å². The predicted octanol–water partition coefficient (Wildman–Crippen LogP) is 1.11. The van der Waals surface area contributed by atoms with Crippen molar-refractivity contribution in [2.45, 2.75) is 13.5 Å². The molecule has 0 saturated carbocycles. The fourth-order valence-electron chi connectivity index (χ4n) is 1.12. The summed E-state index contributed by atoms with van der Waals surface area (Å²) in [4.78, 5) is 10.4. The number of anilines is 1. The van der Waals surface area contributed by atoms with Crippen molar-refractivity contribution in [2.24, 2.45) is 5.73 Å². The van der Waals surface area contributed by atoms with Crippen molar-refractivity contribution >= 4 is 17.3 Å². The van der Waals surface area contributed by atoms with Crippen molar-refractivity contribution in [1.82, 2.24) is 15.1 Å². The number of hydrogen-bond donors (Lipinski definition) is 1. The zero-order valence-corrected chi connectivity index (χ0v) is 9.99. The molecule has 0 amide bonds. The lowest BCUT2D eigenvalue weighted by molar-refractivity contribution is 0.429. The molecule has 0 aromatic carbocycles. The molecule has 0 aliphatic rings. The Morgan fingerprint density at radius 2 is 2.31 bits per heavy atom. The lowest BCUT2D eigenvalue weighted by atomic mass is 10.5. The van der Waals surface area contributed by atoms with E-state index in [0.717, 1.165) is 11.6 Å². The zero-order chi connectivity index (χ0) is 11.5. The van der Waals surface area contributed by atoms with E-state index in [9.17, 15) is 0 Å². The van der Waals surface area contributed by atoms with Crippen LogP contribution in [0.1, 0.15) is 11.9 Å². The van der Waals surface area contributed by atoms with Crippen molar-refractivity contribution in [1.29, 1.82) is 0 Å². The van der Waals surface area contributed by atoms with Gasteiger partial charge in [-0.05, 0) is 12.1 Å². The third-order valence-corrected chi connectivity index (χ3v) is 3.05. The van der Waals surface area contributed by atoms with Crippen LogP contribution >= 0.6 is 11.3 Å². The number of rotatable bonds is 4. The van der Waals surface area contributed by atoms with Crippen LogP contribution in [0.5, 0.6) is 0 Å². The van der Waals surface area contributed by atoms with Crippen LogP contribution in [-0.4, -0.2) is 28.7 Å². The topological polar surface area (TPSA) is 81.1 Å². The van der Waals surface area contributed by atoms with Crippen LogP contribution < -0.4 is 10.6 Å². The van der Waals surface area contributed by atoms with Gasteiger partial charge in [0.2, 0.25) is 0 Å². The molecule has 0 bridgehead atoms. The first-order valence-corrected chi connectivity index (χ1v) is 5.82. The first kappa shape index (κ1) is 11.0. The van der Waals surface area contributed by atoms with Crippen molar-refractivity contribution in [3.05, 3.63) is 10.4 Å². The van der Waals surface area contributed by atoms with E-state index in [-0.39, 0.29) is 0 Å². The predicted molar refractivity (Wildman–Crippen MR) is 62.2 cm³/mol. The van der Waals surface area contributed by atoms with Crippen molar-refractivity contribution < 1.29 is 4.52 Å². The molecule has 0 unspecified atom stereocenters. The number of nitrogens with zero attached hydrogens (tertiary/aromatic N) is 4. The minimum atomic E-state index is 0.431. The molecule has 0 aliphatic carbocycles. The number of nitrogens with two attached hydrogens (primary N) is 1. The van der Waals surface area contributed by atoms with Gasteiger partial charge in [-0.25, -0.2) is 4.98 Å². The van der Waals surface area contributed by atoms with Crippen molar-refractivity contribution in [3.63, 3.8) is 0 Å². The Morgan fingerprint density at radius 3 is 2.94 bits per heavy atom. The molecular formula is C9H13N5OS. The fraction of sp³-hybridized carbons (Fsp3) is 0.444. The van der Waals surface area contributed by atoms with E-state index in [4.69, 9.17) is 10.3 Å². The normalized spacial score (nSPS) is 10.7. The van der Waals surface area contributed by atoms with E-state index in [1.54, 1.807) is 0 Å². The molecule has 0 spiro atoms. The van der Waals surface area contributed by atoms with Gasteiger partial charge in [0.15, 0.2) is 0 Å². The highest BCUT2D eigenvalue weighted by atomic mass is 32.1. The maximum atomic E-state index is 5.49. The van der Waals surface area contributed by atoms with E-state index >= 15 is 0 Å². The Labute approximate surface area is 97.1 Å². The zero-order valence-electron chi connectivity index (χ0n) is 9.17. The second-order valence-electron chi connectivity index (χ2n) is 3.24. The molecule has 2 heterocycles. The first-order valence-electron chi connectivity index (χ1n) is 4.94. The smallest absolute Gasteiger partial charge is 0.278 e. The molecule has 2 N–H and O–H groups in total. The van der Waals surface area contributed by atoms with Crippen LogP contribution in [-0.2, 0) is 6.54 Å². The lowest BCUT2D eigenvalue weighted by Crippen LogP contribution is -2.16. The van der Waals surface area contributed by atoms with Gasteiger partial charge in [0, 0.05) is 25.5 Å². The van der Waals surface area contributed by atoms with Gasteiger partial charge in [0.25, 0.3) is 11.8 Å². The highest BCUT2D eigenvalue weighted by Gasteiger charge is 2.13. The molecule has 0 saturated heterocycles. The Bertz CT molecular complexity index is 466. The summed E-state index contributed by atoms with van der Waals surface area (Å²) in [5, 5.41) is 6.60. The molecule has 0 atom stereocenters. The second kappa shape index (κ2) is 4.58. The Balaban J connectivity index is 2.24. The summed E-state index contributed by atoms with van der Waals surface area (Å²) in [6, 6.07) is 0. The van der Waals surface area contributed by atoms with E-state index in [2.05, 4.69) is 15.1 Å². The highest BCUT2D eigenvalue weighted by Crippen LogP contribution is 2.21. The van der Waals surface area contributed by atoms with Gasteiger partial charge < -0.3 is 15.2 Å². The summed E-state index contributed by atoms with van der Waals surface area (Å²) in [7, 11) is 1.90. The van der Waals surface area contributed by atoms with Crippen molar-refractivity contribution in [2.75, 3.05) is 18.5 Å². The molecule has 6 nitrogen and oxygen atoms in total. The third-order valence-electron chi connectivity index (χ3n) is 2.18. The standard InChI is InChI=1S/C9H13N5OS/c1-3-14(2)9-12-8(15-13-9)6-5-16-7(4-10)11-6/h5H,3-4,10H2,1-2H3. The van der Waals surface area contributed by atoms with Crippen LogP contribution in [0.2, 0.25) is 0 Å². The molecule has 2 aromatic rings. The molecule has 16 heavy (non-hydrogen) atoms. The quantitative estimate of drug-likeness (QED) is 0.860. The minimum Gasteiger partial charge on any atom is -0.342 e. The van der Waals surface area contributed by atoms with Gasteiger partial charge in [-0.15, -0.1) is 11.3 Å². The highest BCUT2D eigenvalue weighted by molar-refractivity contribution is 7.09. The molecule has 7 heteroatoms. The number of hydrogen-bond acceptors (Lipinski definition) is 7. The molecular weight excluding hydrogens is 226 g/mol. The van der Waals surface area contributed by atoms with Crippen molar-refractivity contribution in [3.8, 4) is 11.6 Å². The molecule has 0 radical (unpaired) electrons. The lowest BCUT2D eigenvalue weighted by Gasteiger charge is -2.08. The average molecular weight is 239 g/mol. The first-order chi connectivity index (χ1) is 7.74. The van der Waals surface area contributed by atoms with Gasteiger partial charge in [0.1, 0.15) is 10.7 Å².